The minimum Gasteiger partial charge on any atom is -0.348 e. The van der Waals surface area contributed by atoms with Gasteiger partial charge in [-0.3, -0.25) is 9.59 Å². The molecule has 0 bridgehead atoms. The van der Waals surface area contributed by atoms with Gasteiger partial charge in [-0.2, -0.15) is 0 Å². The van der Waals surface area contributed by atoms with E-state index in [0.717, 1.165) is 10.6 Å². The van der Waals surface area contributed by atoms with Gasteiger partial charge in [0.15, 0.2) is 0 Å². The molecule has 0 radical (unpaired) electrons. The SMILES string of the molecule is CC(C)c1cccc(N2C[C@@H](C(=O)N[C@H](C)c3cccs3)CC2=O)c1. The molecular weight excluding hydrogens is 332 g/mol. The molecule has 3 rings (SSSR count). The molecule has 1 fully saturated rings. The van der Waals surface area contributed by atoms with Crippen LogP contribution in [0, 0.1) is 5.92 Å². The maximum atomic E-state index is 12.6. The number of carbonyl (C=O) groups excluding carboxylic acids is 2. The lowest BCUT2D eigenvalue weighted by Crippen LogP contribution is -2.34. The van der Waals surface area contributed by atoms with Crippen LogP contribution in [0.2, 0.25) is 0 Å². The average Bonchev–Trinajstić information content (AvgIpc) is 3.24. The number of nitrogens with zero attached hydrogens (tertiary/aromatic N) is 1. The van der Waals surface area contributed by atoms with Crippen LogP contribution in [0.4, 0.5) is 5.69 Å². The zero-order chi connectivity index (χ0) is 18.0. The highest BCUT2D eigenvalue weighted by molar-refractivity contribution is 7.10. The number of thiophene rings is 1. The Labute approximate surface area is 152 Å². The predicted molar refractivity (Wildman–Crippen MR) is 102 cm³/mol. The number of hydrogen-bond donors (Lipinski definition) is 1. The van der Waals surface area contributed by atoms with Gasteiger partial charge in [0.05, 0.1) is 12.0 Å². The molecule has 1 saturated heterocycles. The third kappa shape index (κ3) is 3.93. The number of carbonyl (C=O) groups is 2. The molecule has 25 heavy (non-hydrogen) atoms. The summed E-state index contributed by atoms with van der Waals surface area (Å²) in [4.78, 5) is 27.9. The summed E-state index contributed by atoms with van der Waals surface area (Å²) in [5.74, 6) is 0.0858. The maximum Gasteiger partial charge on any atom is 0.227 e. The highest BCUT2D eigenvalue weighted by Gasteiger charge is 2.35. The van der Waals surface area contributed by atoms with E-state index in [-0.39, 0.29) is 30.2 Å². The summed E-state index contributed by atoms with van der Waals surface area (Å²) < 4.78 is 0. The minimum atomic E-state index is -0.294. The fourth-order valence-electron chi connectivity index (χ4n) is 3.12. The Kier molecular flexibility index (Phi) is 5.23. The van der Waals surface area contributed by atoms with Crippen LogP contribution >= 0.6 is 11.3 Å². The third-order valence-corrected chi connectivity index (χ3v) is 5.73. The Morgan fingerprint density at radius 1 is 1.24 bits per heavy atom. The van der Waals surface area contributed by atoms with Crippen LogP contribution in [0.25, 0.3) is 0 Å². The zero-order valence-electron chi connectivity index (χ0n) is 14.9. The Balaban J connectivity index is 1.67. The Morgan fingerprint density at radius 3 is 2.72 bits per heavy atom. The lowest BCUT2D eigenvalue weighted by molar-refractivity contribution is -0.126. The molecule has 2 atom stereocenters. The lowest BCUT2D eigenvalue weighted by Gasteiger charge is -2.19. The van der Waals surface area contributed by atoms with Crippen LogP contribution < -0.4 is 10.2 Å². The second kappa shape index (κ2) is 7.40. The molecule has 0 saturated carbocycles. The molecule has 4 nitrogen and oxygen atoms in total. The summed E-state index contributed by atoms with van der Waals surface area (Å²) in [6, 6.07) is 12.0. The molecule has 2 heterocycles. The number of rotatable bonds is 5. The fourth-order valence-corrected chi connectivity index (χ4v) is 3.86. The van der Waals surface area contributed by atoms with Gasteiger partial charge in [-0.1, -0.05) is 32.0 Å². The molecular formula is C20H24N2O2S. The van der Waals surface area contributed by atoms with Crippen molar-refractivity contribution in [3.8, 4) is 0 Å². The Morgan fingerprint density at radius 2 is 2.04 bits per heavy atom. The molecule has 1 aromatic carbocycles. The fraction of sp³-hybridized carbons (Fsp3) is 0.400. The van der Waals surface area contributed by atoms with Crippen LogP contribution in [0.15, 0.2) is 41.8 Å². The summed E-state index contributed by atoms with van der Waals surface area (Å²) in [7, 11) is 0. The predicted octanol–water partition coefficient (Wildman–Crippen LogP) is 4.10. The van der Waals surface area contributed by atoms with Crippen molar-refractivity contribution in [2.45, 2.75) is 39.2 Å². The van der Waals surface area contributed by atoms with Gasteiger partial charge in [-0.05, 0) is 42.0 Å². The molecule has 2 aromatic rings. The van der Waals surface area contributed by atoms with Crippen LogP contribution in [0.1, 0.15) is 49.6 Å². The van der Waals surface area contributed by atoms with Crippen molar-refractivity contribution in [1.29, 1.82) is 0 Å². The van der Waals surface area contributed by atoms with Gasteiger partial charge in [0.1, 0.15) is 0 Å². The molecule has 1 aromatic heterocycles. The molecule has 1 N–H and O–H groups in total. The highest BCUT2D eigenvalue weighted by atomic mass is 32.1. The first-order valence-corrected chi connectivity index (χ1v) is 9.57. The van der Waals surface area contributed by atoms with E-state index in [0.29, 0.717) is 12.5 Å². The topological polar surface area (TPSA) is 49.4 Å². The summed E-state index contributed by atoms with van der Waals surface area (Å²) in [5.41, 5.74) is 2.09. The molecule has 0 aliphatic carbocycles. The number of benzene rings is 1. The van der Waals surface area contributed by atoms with Gasteiger partial charge in [-0.25, -0.2) is 0 Å². The number of amides is 2. The van der Waals surface area contributed by atoms with Gasteiger partial charge in [0, 0.05) is 23.5 Å². The first kappa shape index (κ1) is 17.7. The first-order valence-electron chi connectivity index (χ1n) is 8.70. The Hall–Kier alpha value is -2.14. The van der Waals surface area contributed by atoms with E-state index in [1.807, 2.05) is 36.6 Å². The average molecular weight is 356 g/mol. The molecule has 0 unspecified atom stereocenters. The van der Waals surface area contributed by atoms with E-state index in [9.17, 15) is 9.59 Å². The van der Waals surface area contributed by atoms with Crippen molar-refractivity contribution in [3.63, 3.8) is 0 Å². The summed E-state index contributed by atoms with van der Waals surface area (Å²) >= 11 is 1.63. The van der Waals surface area contributed by atoms with Crippen molar-refractivity contribution in [2.24, 2.45) is 5.92 Å². The zero-order valence-corrected chi connectivity index (χ0v) is 15.7. The number of hydrogen-bond acceptors (Lipinski definition) is 3. The number of nitrogens with one attached hydrogen (secondary N) is 1. The summed E-state index contributed by atoms with van der Waals surface area (Å²) in [6.07, 6.45) is 0.273. The van der Waals surface area contributed by atoms with Gasteiger partial charge < -0.3 is 10.2 Å². The van der Waals surface area contributed by atoms with Gasteiger partial charge >= 0.3 is 0 Å². The molecule has 132 valence electrons. The van der Waals surface area contributed by atoms with Crippen molar-refractivity contribution < 1.29 is 9.59 Å². The van der Waals surface area contributed by atoms with E-state index < -0.39 is 0 Å². The third-order valence-electron chi connectivity index (χ3n) is 4.67. The van der Waals surface area contributed by atoms with E-state index in [4.69, 9.17) is 0 Å². The molecule has 1 aliphatic rings. The molecule has 5 heteroatoms. The molecule has 2 amide bonds. The van der Waals surface area contributed by atoms with Crippen LogP contribution in [-0.4, -0.2) is 18.4 Å². The smallest absolute Gasteiger partial charge is 0.227 e. The standard InChI is InChI=1S/C20H24N2O2S/c1-13(2)15-6-4-7-17(10-15)22-12-16(11-19(22)23)20(24)21-14(3)18-8-5-9-25-18/h4-10,13-14,16H,11-12H2,1-3H3,(H,21,24)/t14-,16+/m1/s1. The van der Waals surface area contributed by atoms with E-state index in [1.165, 1.54) is 5.56 Å². The minimum absolute atomic E-state index is 0.0184. The summed E-state index contributed by atoms with van der Waals surface area (Å²) in [6.45, 7) is 6.69. The highest BCUT2D eigenvalue weighted by Crippen LogP contribution is 2.28. The first-order chi connectivity index (χ1) is 12.0. The Bertz CT molecular complexity index is 755. The van der Waals surface area contributed by atoms with Crippen LogP contribution in [0.3, 0.4) is 0 Å². The van der Waals surface area contributed by atoms with E-state index >= 15 is 0 Å². The monoisotopic (exact) mass is 356 g/mol. The maximum absolute atomic E-state index is 12.6. The van der Waals surface area contributed by atoms with Crippen LogP contribution in [-0.2, 0) is 9.59 Å². The number of anilines is 1. The van der Waals surface area contributed by atoms with Crippen molar-refractivity contribution >= 4 is 28.8 Å². The molecule has 1 aliphatic heterocycles. The van der Waals surface area contributed by atoms with E-state index in [1.54, 1.807) is 16.2 Å². The van der Waals surface area contributed by atoms with Crippen molar-refractivity contribution in [3.05, 3.63) is 52.2 Å². The quantitative estimate of drug-likeness (QED) is 0.877. The van der Waals surface area contributed by atoms with Crippen LogP contribution in [0.5, 0.6) is 0 Å². The largest absolute Gasteiger partial charge is 0.348 e. The second-order valence-electron chi connectivity index (χ2n) is 6.90. The van der Waals surface area contributed by atoms with Gasteiger partial charge in [0.2, 0.25) is 11.8 Å². The van der Waals surface area contributed by atoms with Gasteiger partial charge in [-0.15, -0.1) is 11.3 Å². The second-order valence-corrected chi connectivity index (χ2v) is 7.88. The summed E-state index contributed by atoms with van der Waals surface area (Å²) in [5, 5.41) is 5.04. The van der Waals surface area contributed by atoms with Crippen molar-refractivity contribution in [2.75, 3.05) is 11.4 Å². The van der Waals surface area contributed by atoms with Gasteiger partial charge in [0.25, 0.3) is 0 Å². The molecule has 0 spiro atoms. The normalized spacial score (nSPS) is 18.6. The lowest BCUT2D eigenvalue weighted by atomic mass is 10.0. The van der Waals surface area contributed by atoms with E-state index in [2.05, 4.69) is 31.3 Å². The van der Waals surface area contributed by atoms with Crippen molar-refractivity contribution in [1.82, 2.24) is 5.32 Å².